The normalized spacial score (nSPS) is 25.9. The average molecular weight is 246 g/mol. The summed E-state index contributed by atoms with van der Waals surface area (Å²) in [6.45, 7) is 9.09. The highest BCUT2D eigenvalue weighted by atomic mass is 15.0. The maximum absolute atomic E-state index is 3.78. The molecule has 1 fully saturated rings. The van der Waals surface area contributed by atoms with Crippen molar-refractivity contribution in [1.29, 1.82) is 0 Å². The van der Waals surface area contributed by atoms with Gasteiger partial charge >= 0.3 is 0 Å². The van der Waals surface area contributed by atoms with E-state index in [0.29, 0.717) is 12.1 Å². The van der Waals surface area contributed by atoms with E-state index in [0.717, 1.165) is 25.4 Å². The maximum Gasteiger partial charge on any atom is 0.0294 e. The van der Waals surface area contributed by atoms with Crippen molar-refractivity contribution in [2.45, 2.75) is 45.7 Å². The Morgan fingerprint density at radius 3 is 2.67 bits per heavy atom. The molecule has 2 nitrogen and oxygen atoms in total. The van der Waals surface area contributed by atoms with Gasteiger partial charge in [-0.15, -0.1) is 0 Å². The van der Waals surface area contributed by atoms with Crippen LogP contribution in [-0.4, -0.2) is 19.1 Å². The highest BCUT2D eigenvalue weighted by Gasteiger charge is 2.22. The zero-order chi connectivity index (χ0) is 13.0. The molecule has 1 saturated heterocycles. The summed E-state index contributed by atoms with van der Waals surface area (Å²) in [5.74, 6) is 0.719. The van der Waals surface area contributed by atoms with Crippen molar-refractivity contribution in [2.75, 3.05) is 13.1 Å². The minimum Gasteiger partial charge on any atom is -0.316 e. The second kappa shape index (κ2) is 6.35. The Labute approximate surface area is 111 Å². The molecule has 1 aliphatic heterocycles. The highest BCUT2D eigenvalue weighted by Crippen LogP contribution is 2.18. The largest absolute Gasteiger partial charge is 0.316 e. The first-order valence-electron chi connectivity index (χ1n) is 7.26. The molecule has 0 aromatic heterocycles. The third-order valence-corrected chi connectivity index (χ3v) is 4.14. The molecule has 2 rings (SSSR count). The molecule has 0 spiro atoms. The van der Waals surface area contributed by atoms with E-state index >= 15 is 0 Å². The number of nitrogens with one attached hydrogen (secondary N) is 2. The van der Waals surface area contributed by atoms with Crippen LogP contribution in [0.25, 0.3) is 0 Å². The van der Waals surface area contributed by atoms with Gasteiger partial charge in [0.15, 0.2) is 0 Å². The monoisotopic (exact) mass is 246 g/mol. The van der Waals surface area contributed by atoms with Gasteiger partial charge in [-0.1, -0.05) is 38.1 Å². The number of piperidine rings is 1. The Morgan fingerprint density at radius 2 is 2.06 bits per heavy atom. The number of hydrogen-bond acceptors (Lipinski definition) is 2. The molecule has 3 atom stereocenters. The lowest BCUT2D eigenvalue weighted by atomic mass is 9.93. The molecule has 0 saturated carbocycles. The molecule has 1 aromatic carbocycles. The van der Waals surface area contributed by atoms with E-state index < -0.39 is 0 Å². The summed E-state index contributed by atoms with van der Waals surface area (Å²) >= 11 is 0. The van der Waals surface area contributed by atoms with Crippen LogP contribution in [0.3, 0.4) is 0 Å². The van der Waals surface area contributed by atoms with Crippen molar-refractivity contribution in [2.24, 2.45) is 5.92 Å². The molecule has 1 aliphatic rings. The van der Waals surface area contributed by atoms with Crippen LogP contribution in [0.15, 0.2) is 24.3 Å². The second-order valence-electron chi connectivity index (χ2n) is 5.56. The molecule has 0 amide bonds. The minimum atomic E-state index is 0.446. The first-order valence-corrected chi connectivity index (χ1v) is 7.26. The summed E-state index contributed by atoms with van der Waals surface area (Å²) < 4.78 is 0. The van der Waals surface area contributed by atoms with Gasteiger partial charge in [0, 0.05) is 12.1 Å². The molecule has 100 valence electrons. The van der Waals surface area contributed by atoms with Crippen LogP contribution in [-0.2, 0) is 6.42 Å². The van der Waals surface area contributed by atoms with Gasteiger partial charge in [-0.05, 0) is 49.9 Å². The predicted molar refractivity (Wildman–Crippen MR) is 77.8 cm³/mol. The van der Waals surface area contributed by atoms with E-state index in [1.165, 1.54) is 17.5 Å². The van der Waals surface area contributed by atoms with Gasteiger partial charge in [0.1, 0.15) is 0 Å². The summed E-state index contributed by atoms with van der Waals surface area (Å²) in [6.07, 6.45) is 2.35. The number of hydrogen-bond donors (Lipinski definition) is 2. The fraction of sp³-hybridized carbons (Fsp3) is 0.625. The summed E-state index contributed by atoms with van der Waals surface area (Å²) in [4.78, 5) is 0. The number of benzene rings is 1. The van der Waals surface area contributed by atoms with E-state index in [1.54, 1.807) is 0 Å². The van der Waals surface area contributed by atoms with Crippen LogP contribution >= 0.6 is 0 Å². The van der Waals surface area contributed by atoms with Gasteiger partial charge in [0.2, 0.25) is 0 Å². The van der Waals surface area contributed by atoms with Crippen LogP contribution in [0.5, 0.6) is 0 Å². The third kappa shape index (κ3) is 3.33. The van der Waals surface area contributed by atoms with E-state index in [2.05, 4.69) is 55.7 Å². The molecule has 0 aliphatic carbocycles. The summed E-state index contributed by atoms with van der Waals surface area (Å²) in [5.41, 5.74) is 2.82. The van der Waals surface area contributed by atoms with Crippen molar-refractivity contribution in [3.05, 3.63) is 35.4 Å². The molecule has 3 unspecified atom stereocenters. The average Bonchev–Trinajstić information content (AvgIpc) is 2.41. The molecule has 0 radical (unpaired) electrons. The van der Waals surface area contributed by atoms with Gasteiger partial charge < -0.3 is 10.6 Å². The van der Waals surface area contributed by atoms with Crippen LogP contribution < -0.4 is 10.6 Å². The van der Waals surface area contributed by atoms with Gasteiger partial charge in [0.05, 0.1) is 0 Å². The SMILES string of the molecule is CCc1ccc(C(C)NC2CCNCC2C)cc1. The van der Waals surface area contributed by atoms with Gasteiger partial charge in [-0.3, -0.25) is 0 Å². The molecule has 2 heteroatoms. The van der Waals surface area contributed by atoms with Crippen LogP contribution in [0.2, 0.25) is 0 Å². The zero-order valence-corrected chi connectivity index (χ0v) is 11.9. The standard InChI is InChI=1S/C16H26N2/c1-4-14-5-7-15(8-6-14)13(3)18-16-9-10-17-11-12(16)2/h5-8,12-13,16-18H,4,9-11H2,1-3H3. The predicted octanol–water partition coefficient (Wildman–Crippen LogP) is 2.90. The Hall–Kier alpha value is -0.860. The molecule has 0 bridgehead atoms. The zero-order valence-electron chi connectivity index (χ0n) is 11.9. The fourth-order valence-electron chi connectivity index (χ4n) is 2.72. The summed E-state index contributed by atoms with van der Waals surface area (Å²) in [5, 5.41) is 7.23. The lowest BCUT2D eigenvalue weighted by molar-refractivity contribution is 0.278. The number of rotatable bonds is 4. The van der Waals surface area contributed by atoms with Gasteiger partial charge in [-0.2, -0.15) is 0 Å². The first-order chi connectivity index (χ1) is 8.70. The molecule has 18 heavy (non-hydrogen) atoms. The molecule has 2 N–H and O–H groups in total. The first kappa shape index (κ1) is 13.6. The van der Waals surface area contributed by atoms with E-state index in [9.17, 15) is 0 Å². The lowest BCUT2D eigenvalue weighted by Gasteiger charge is -2.33. The Kier molecular flexibility index (Phi) is 4.79. The van der Waals surface area contributed by atoms with E-state index in [4.69, 9.17) is 0 Å². The van der Waals surface area contributed by atoms with Gasteiger partial charge in [0.25, 0.3) is 0 Å². The Morgan fingerprint density at radius 1 is 1.33 bits per heavy atom. The minimum absolute atomic E-state index is 0.446. The van der Waals surface area contributed by atoms with Crippen LogP contribution in [0.4, 0.5) is 0 Å². The van der Waals surface area contributed by atoms with Crippen molar-refractivity contribution in [3.8, 4) is 0 Å². The molecular weight excluding hydrogens is 220 g/mol. The molecule has 1 aromatic rings. The number of aryl methyl sites for hydroxylation is 1. The van der Waals surface area contributed by atoms with E-state index in [-0.39, 0.29) is 0 Å². The highest BCUT2D eigenvalue weighted by molar-refractivity contribution is 5.24. The fourth-order valence-corrected chi connectivity index (χ4v) is 2.72. The quantitative estimate of drug-likeness (QED) is 0.853. The Balaban J connectivity index is 1.95. The lowest BCUT2D eigenvalue weighted by Crippen LogP contribution is -2.47. The molecular formula is C16H26N2. The topological polar surface area (TPSA) is 24.1 Å². The maximum atomic E-state index is 3.78. The smallest absolute Gasteiger partial charge is 0.0294 e. The van der Waals surface area contributed by atoms with E-state index in [1.807, 2.05) is 0 Å². The molecule has 1 heterocycles. The van der Waals surface area contributed by atoms with Crippen molar-refractivity contribution in [1.82, 2.24) is 10.6 Å². The van der Waals surface area contributed by atoms with Crippen LogP contribution in [0.1, 0.15) is 44.4 Å². The van der Waals surface area contributed by atoms with Crippen molar-refractivity contribution >= 4 is 0 Å². The Bertz CT molecular complexity index is 358. The summed E-state index contributed by atoms with van der Waals surface area (Å²) in [7, 11) is 0. The second-order valence-corrected chi connectivity index (χ2v) is 5.56. The van der Waals surface area contributed by atoms with Crippen molar-refractivity contribution < 1.29 is 0 Å². The van der Waals surface area contributed by atoms with Crippen LogP contribution in [0, 0.1) is 5.92 Å². The van der Waals surface area contributed by atoms with Crippen molar-refractivity contribution in [3.63, 3.8) is 0 Å². The summed E-state index contributed by atoms with van der Waals surface area (Å²) in [6, 6.07) is 10.1. The third-order valence-electron chi connectivity index (χ3n) is 4.14. The van der Waals surface area contributed by atoms with Gasteiger partial charge in [-0.25, -0.2) is 0 Å².